The van der Waals surface area contributed by atoms with Crippen LogP contribution in [0.4, 0.5) is 18.3 Å². The second-order valence-corrected chi connectivity index (χ2v) is 8.62. The standard InChI is InChI=1S/C25H17F3N4O2S/c26-25(27,28)17-13-18(15-7-3-1-4-8-15)30-23-22(17)35-24(32-23)31-20(33)11-12-21-29-14-19(34-21)16-9-5-2-6-10-16/h1-10,13-14H,11-12H2,(H,30,31,32,33). The van der Waals surface area contributed by atoms with Crippen LogP contribution in [-0.4, -0.2) is 20.9 Å². The van der Waals surface area contributed by atoms with Gasteiger partial charge in [0.15, 0.2) is 22.4 Å². The van der Waals surface area contributed by atoms with Crippen molar-refractivity contribution in [1.82, 2.24) is 15.0 Å². The van der Waals surface area contributed by atoms with E-state index in [4.69, 9.17) is 4.42 Å². The van der Waals surface area contributed by atoms with Crippen molar-refractivity contribution in [2.75, 3.05) is 5.32 Å². The number of nitrogens with zero attached hydrogens (tertiary/aromatic N) is 3. The number of rotatable bonds is 6. The first-order valence-corrected chi connectivity index (χ1v) is 11.4. The fourth-order valence-corrected chi connectivity index (χ4v) is 4.45. The number of carbonyl (C=O) groups is 1. The van der Waals surface area contributed by atoms with Gasteiger partial charge in [-0.3, -0.25) is 4.79 Å². The molecule has 0 atom stereocenters. The zero-order valence-electron chi connectivity index (χ0n) is 18.0. The molecule has 5 rings (SSSR count). The van der Waals surface area contributed by atoms with E-state index in [-0.39, 0.29) is 34.0 Å². The molecule has 1 N–H and O–H groups in total. The van der Waals surface area contributed by atoms with Crippen LogP contribution in [0.25, 0.3) is 32.9 Å². The molecule has 6 nitrogen and oxygen atoms in total. The van der Waals surface area contributed by atoms with Gasteiger partial charge in [-0.15, -0.1) is 0 Å². The van der Waals surface area contributed by atoms with Crippen LogP contribution in [0.15, 0.2) is 77.3 Å². The number of oxazole rings is 1. The highest BCUT2D eigenvalue weighted by atomic mass is 32.1. The van der Waals surface area contributed by atoms with E-state index in [1.807, 2.05) is 30.3 Å². The van der Waals surface area contributed by atoms with Crippen LogP contribution < -0.4 is 5.32 Å². The van der Waals surface area contributed by atoms with Crippen LogP contribution in [0.2, 0.25) is 0 Å². The Morgan fingerprint density at radius 2 is 1.66 bits per heavy atom. The monoisotopic (exact) mass is 494 g/mol. The molecule has 10 heteroatoms. The Morgan fingerprint density at radius 1 is 0.971 bits per heavy atom. The maximum absolute atomic E-state index is 13.8. The molecule has 0 radical (unpaired) electrons. The molecule has 0 aliphatic heterocycles. The molecule has 0 unspecified atom stereocenters. The van der Waals surface area contributed by atoms with Gasteiger partial charge in [-0.25, -0.2) is 9.97 Å². The number of thiazole rings is 1. The topological polar surface area (TPSA) is 80.9 Å². The summed E-state index contributed by atoms with van der Waals surface area (Å²) in [5.41, 5.74) is 0.658. The average molecular weight is 494 g/mol. The molecule has 0 saturated carbocycles. The summed E-state index contributed by atoms with van der Waals surface area (Å²) in [4.78, 5) is 25.1. The summed E-state index contributed by atoms with van der Waals surface area (Å²) < 4.78 is 46.9. The summed E-state index contributed by atoms with van der Waals surface area (Å²) in [5, 5.41) is 2.62. The third kappa shape index (κ3) is 5.07. The fourth-order valence-electron chi connectivity index (χ4n) is 3.50. The number of aryl methyl sites for hydroxylation is 1. The molecule has 0 spiro atoms. The number of carbonyl (C=O) groups excluding carboxylic acids is 1. The van der Waals surface area contributed by atoms with E-state index < -0.39 is 17.6 Å². The van der Waals surface area contributed by atoms with Crippen molar-refractivity contribution in [3.05, 3.63) is 84.4 Å². The van der Waals surface area contributed by atoms with Crippen LogP contribution in [0.3, 0.4) is 0 Å². The van der Waals surface area contributed by atoms with Gasteiger partial charge in [-0.2, -0.15) is 18.2 Å². The molecule has 0 bridgehead atoms. The second-order valence-electron chi connectivity index (χ2n) is 7.62. The van der Waals surface area contributed by atoms with Crippen molar-refractivity contribution in [2.45, 2.75) is 19.0 Å². The number of hydrogen-bond acceptors (Lipinski definition) is 6. The van der Waals surface area contributed by atoms with Gasteiger partial charge < -0.3 is 9.73 Å². The zero-order chi connectivity index (χ0) is 24.4. The number of halogens is 3. The molecule has 35 heavy (non-hydrogen) atoms. The summed E-state index contributed by atoms with van der Waals surface area (Å²) in [6.07, 6.45) is -2.75. The van der Waals surface area contributed by atoms with E-state index >= 15 is 0 Å². The molecular formula is C25H17F3N4O2S. The average Bonchev–Trinajstić information content (AvgIpc) is 3.49. The molecule has 0 aliphatic carbocycles. The van der Waals surface area contributed by atoms with E-state index in [0.29, 0.717) is 17.2 Å². The van der Waals surface area contributed by atoms with E-state index in [1.165, 1.54) is 0 Å². The first kappa shape index (κ1) is 22.7. The first-order valence-electron chi connectivity index (χ1n) is 10.6. The van der Waals surface area contributed by atoms with E-state index in [2.05, 4.69) is 20.3 Å². The Labute approximate surface area is 201 Å². The normalized spacial score (nSPS) is 11.6. The van der Waals surface area contributed by atoms with Gasteiger partial charge in [0.2, 0.25) is 5.91 Å². The maximum atomic E-state index is 13.8. The van der Waals surface area contributed by atoms with Gasteiger partial charge in [-0.05, 0) is 6.07 Å². The predicted octanol–water partition coefficient (Wildman–Crippen LogP) is 6.60. The van der Waals surface area contributed by atoms with Crippen LogP contribution in [-0.2, 0) is 17.4 Å². The lowest BCUT2D eigenvalue weighted by Gasteiger charge is -2.09. The van der Waals surface area contributed by atoms with Crippen LogP contribution in [0, 0.1) is 0 Å². The molecule has 3 aromatic heterocycles. The highest BCUT2D eigenvalue weighted by molar-refractivity contribution is 7.22. The summed E-state index contributed by atoms with van der Waals surface area (Å²) in [7, 11) is 0. The molecule has 2 aromatic carbocycles. The number of hydrogen-bond donors (Lipinski definition) is 1. The van der Waals surface area contributed by atoms with Crippen molar-refractivity contribution >= 4 is 32.7 Å². The molecule has 1 amide bonds. The lowest BCUT2D eigenvalue weighted by atomic mass is 10.1. The highest BCUT2D eigenvalue weighted by Gasteiger charge is 2.35. The summed E-state index contributed by atoms with van der Waals surface area (Å²) >= 11 is 0.741. The Morgan fingerprint density at radius 3 is 2.34 bits per heavy atom. The van der Waals surface area contributed by atoms with Gasteiger partial charge in [-0.1, -0.05) is 72.0 Å². The number of aromatic nitrogens is 3. The third-order valence-corrected chi connectivity index (χ3v) is 6.15. The summed E-state index contributed by atoms with van der Waals surface area (Å²) in [6.45, 7) is 0. The van der Waals surface area contributed by atoms with Gasteiger partial charge in [0.1, 0.15) is 0 Å². The first-order chi connectivity index (χ1) is 16.9. The Kier molecular flexibility index (Phi) is 6.04. The number of benzene rings is 2. The van der Waals surface area contributed by atoms with Crippen LogP contribution in [0.5, 0.6) is 0 Å². The molecule has 5 aromatic rings. The lowest BCUT2D eigenvalue weighted by molar-refractivity contribution is -0.136. The van der Waals surface area contributed by atoms with Gasteiger partial charge >= 0.3 is 6.18 Å². The van der Waals surface area contributed by atoms with E-state index in [9.17, 15) is 18.0 Å². The Hall–Kier alpha value is -4.05. The Bertz CT molecular complexity index is 1480. The largest absolute Gasteiger partial charge is 0.441 e. The van der Waals surface area contributed by atoms with Gasteiger partial charge in [0.25, 0.3) is 0 Å². The van der Waals surface area contributed by atoms with Crippen LogP contribution in [0.1, 0.15) is 17.9 Å². The van der Waals surface area contributed by atoms with Crippen molar-refractivity contribution in [3.63, 3.8) is 0 Å². The maximum Gasteiger partial charge on any atom is 0.417 e. The smallest absolute Gasteiger partial charge is 0.417 e. The second kappa shape index (κ2) is 9.30. The highest BCUT2D eigenvalue weighted by Crippen LogP contribution is 2.40. The SMILES string of the molecule is O=C(CCc1ncc(-c2ccccc2)o1)Nc1nc2nc(-c3ccccc3)cc(C(F)(F)F)c2s1. The van der Waals surface area contributed by atoms with E-state index in [0.717, 1.165) is 23.0 Å². The molecule has 0 saturated heterocycles. The number of pyridine rings is 1. The molecule has 3 heterocycles. The van der Waals surface area contributed by atoms with Gasteiger partial charge in [0, 0.05) is 24.0 Å². The van der Waals surface area contributed by atoms with Crippen molar-refractivity contribution in [2.24, 2.45) is 0 Å². The number of fused-ring (bicyclic) bond motifs is 1. The third-order valence-electron chi connectivity index (χ3n) is 5.16. The quantitative estimate of drug-likeness (QED) is 0.288. The molecule has 176 valence electrons. The zero-order valence-corrected chi connectivity index (χ0v) is 18.9. The van der Waals surface area contributed by atoms with Crippen LogP contribution >= 0.6 is 11.3 Å². The van der Waals surface area contributed by atoms with Crippen molar-refractivity contribution in [3.8, 4) is 22.6 Å². The van der Waals surface area contributed by atoms with Crippen molar-refractivity contribution in [1.29, 1.82) is 0 Å². The minimum absolute atomic E-state index is 0.0273. The summed E-state index contributed by atoms with van der Waals surface area (Å²) in [5.74, 6) is 0.560. The predicted molar refractivity (Wildman–Crippen MR) is 127 cm³/mol. The van der Waals surface area contributed by atoms with Gasteiger partial charge in [0.05, 0.1) is 22.2 Å². The van der Waals surface area contributed by atoms with E-state index in [1.54, 1.807) is 36.5 Å². The minimum Gasteiger partial charge on any atom is -0.441 e. The number of alkyl halides is 3. The van der Waals surface area contributed by atoms with Crippen molar-refractivity contribution < 1.29 is 22.4 Å². The molecule has 0 aliphatic rings. The number of amides is 1. The number of nitrogens with one attached hydrogen (secondary N) is 1. The Balaban J connectivity index is 1.33. The molecule has 0 fully saturated rings. The minimum atomic E-state index is -4.60. The fraction of sp³-hybridized carbons (Fsp3) is 0.120. The molecular weight excluding hydrogens is 477 g/mol. The number of anilines is 1. The summed E-state index contributed by atoms with van der Waals surface area (Å²) in [6, 6.07) is 19.0. The lowest BCUT2D eigenvalue weighted by Crippen LogP contribution is -2.12.